The third kappa shape index (κ3) is 5.11. The van der Waals surface area contributed by atoms with Crippen molar-refractivity contribution in [3.63, 3.8) is 0 Å². The Morgan fingerprint density at radius 2 is 1.56 bits per heavy atom. The van der Waals surface area contributed by atoms with Crippen molar-refractivity contribution in [2.75, 3.05) is 6.61 Å². The first kappa shape index (κ1) is 18.5. The number of esters is 1. The lowest BCUT2D eigenvalue weighted by molar-refractivity contribution is -0.143. The third-order valence-electron chi connectivity index (χ3n) is 4.06. The molecule has 0 bridgehead atoms. The quantitative estimate of drug-likeness (QED) is 0.452. The predicted octanol–water partition coefficient (Wildman–Crippen LogP) is 4.75. The molecule has 2 aromatic carbocycles. The van der Waals surface area contributed by atoms with E-state index in [9.17, 15) is 4.79 Å². The van der Waals surface area contributed by atoms with Crippen LogP contribution in [-0.2, 0) is 16.0 Å². The summed E-state index contributed by atoms with van der Waals surface area (Å²) in [5.74, 6) is -0.218. The summed E-state index contributed by atoms with van der Waals surface area (Å²) in [5, 5.41) is 0. The van der Waals surface area contributed by atoms with Crippen molar-refractivity contribution < 1.29 is 9.53 Å². The van der Waals surface area contributed by atoms with Crippen molar-refractivity contribution in [1.29, 1.82) is 0 Å². The summed E-state index contributed by atoms with van der Waals surface area (Å²) in [6, 6.07) is 23.9. The Kier molecular flexibility index (Phi) is 6.47. The fraction of sp³-hybridized carbons (Fsp3) is 0.174. The van der Waals surface area contributed by atoms with Crippen LogP contribution in [0.15, 0.2) is 84.0 Å². The van der Waals surface area contributed by atoms with E-state index in [-0.39, 0.29) is 5.97 Å². The molecule has 4 nitrogen and oxygen atoms in total. The summed E-state index contributed by atoms with van der Waals surface area (Å²) in [4.78, 5) is 21.1. The van der Waals surface area contributed by atoms with E-state index in [1.165, 1.54) is 0 Å². The van der Waals surface area contributed by atoms with Gasteiger partial charge in [0.2, 0.25) is 0 Å². The van der Waals surface area contributed by atoms with Crippen LogP contribution >= 0.6 is 0 Å². The lowest BCUT2D eigenvalue weighted by atomic mass is 10.0. The van der Waals surface area contributed by atoms with Gasteiger partial charge in [-0.05, 0) is 19.1 Å². The Labute approximate surface area is 159 Å². The number of carbonyl (C=O) groups excluding carboxylic acids is 1. The summed E-state index contributed by atoms with van der Waals surface area (Å²) >= 11 is 0. The van der Waals surface area contributed by atoms with Gasteiger partial charge in [0, 0.05) is 23.7 Å². The fourth-order valence-electron chi connectivity index (χ4n) is 2.79. The highest BCUT2D eigenvalue weighted by Crippen LogP contribution is 2.22. The topological polar surface area (TPSA) is 51.5 Å². The van der Waals surface area contributed by atoms with Gasteiger partial charge in [0.15, 0.2) is 0 Å². The molecule has 0 amide bonds. The molecule has 0 aliphatic carbocycles. The summed E-state index contributed by atoms with van der Waals surface area (Å²) in [7, 11) is 0. The third-order valence-corrected chi connectivity index (χ3v) is 4.06. The van der Waals surface area contributed by atoms with Crippen LogP contribution in [0.1, 0.15) is 30.2 Å². The smallest absolute Gasteiger partial charge is 0.306 e. The molecule has 0 N–H and O–H groups in total. The van der Waals surface area contributed by atoms with Crippen molar-refractivity contribution >= 4 is 17.4 Å². The number of hydrogen-bond donors (Lipinski definition) is 0. The molecular weight excluding hydrogens is 336 g/mol. The van der Waals surface area contributed by atoms with Crippen LogP contribution in [0.3, 0.4) is 0 Å². The zero-order valence-electron chi connectivity index (χ0n) is 15.3. The highest BCUT2D eigenvalue weighted by atomic mass is 16.5. The fourth-order valence-corrected chi connectivity index (χ4v) is 2.79. The summed E-state index contributed by atoms with van der Waals surface area (Å²) in [6.07, 6.45) is 2.51. The molecule has 27 heavy (non-hydrogen) atoms. The molecule has 136 valence electrons. The Balaban J connectivity index is 1.97. The molecule has 3 rings (SSSR count). The summed E-state index contributed by atoms with van der Waals surface area (Å²) in [6.45, 7) is 2.19. The molecule has 0 fully saturated rings. The van der Waals surface area contributed by atoms with E-state index < -0.39 is 0 Å². The molecule has 0 unspecified atom stereocenters. The van der Waals surface area contributed by atoms with Crippen LogP contribution in [-0.4, -0.2) is 23.3 Å². The van der Waals surface area contributed by atoms with Gasteiger partial charge in [-0.25, -0.2) is 4.99 Å². The average molecular weight is 358 g/mol. The predicted molar refractivity (Wildman–Crippen MR) is 107 cm³/mol. The first-order chi connectivity index (χ1) is 13.3. The van der Waals surface area contributed by atoms with Crippen molar-refractivity contribution in [1.82, 2.24) is 4.98 Å². The first-order valence-corrected chi connectivity index (χ1v) is 9.07. The second-order valence-corrected chi connectivity index (χ2v) is 5.97. The monoisotopic (exact) mass is 358 g/mol. The number of hydrogen-bond acceptors (Lipinski definition) is 4. The van der Waals surface area contributed by atoms with Gasteiger partial charge in [0.05, 0.1) is 30.1 Å². The molecule has 3 aromatic rings. The van der Waals surface area contributed by atoms with E-state index in [0.29, 0.717) is 19.4 Å². The number of aromatic nitrogens is 1. The van der Waals surface area contributed by atoms with E-state index >= 15 is 0 Å². The zero-order valence-corrected chi connectivity index (χ0v) is 15.3. The van der Waals surface area contributed by atoms with Gasteiger partial charge in [0.1, 0.15) is 0 Å². The minimum absolute atomic E-state index is 0.218. The van der Waals surface area contributed by atoms with Crippen LogP contribution in [0.4, 0.5) is 5.69 Å². The number of aliphatic imine (C=N–C) groups is 1. The molecular formula is C23H22N2O2. The van der Waals surface area contributed by atoms with Crippen molar-refractivity contribution in [3.8, 4) is 0 Å². The van der Waals surface area contributed by atoms with Crippen LogP contribution in [0, 0.1) is 0 Å². The minimum atomic E-state index is -0.218. The minimum Gasteiger partial charge on any atom is -0.466 e. The molecule has 1 aromatic heterocycles. The van der Waals surface area contributed by atoms with Gasteiger partial charge < -0.3 is 4.74 Å². The van der Waals surface area contributed by atoms with Crippen molar-refractivity contribution in [2.24, 2.45) is 4.99 Å². The van der Waals surface area contributed by atoms with Gasteiger partial charge in [0.25, 0.3) is 0 Å². The zero-order chi connectivity index (χ0) is 18.9. The molecule has 0 saturated carbocycles. The van der Waals surface area contributed by atoms with E-state index in [2.05, 4.69) is 4.98 Å². The largest absolute Gasteiger partial charge is 0.466 e. The lowest BCUT2D eigenvalue weighted by Crippen LogP contribution is -2.07. The van der Waals surface area contributed by atoms with Gasteiger partial charge in [-0.3, -0.25) is 9.78 Å². The SMILES string of the molecule is CCOC(=O)CCc1ncccc1N=C(c1ccccc1)c1ccccc1. The highest BCUT2D eigenvalue weighted by molar-refractivity contribution is 6.14. The van der Waals surface area contributed by atoms with Crippen molar-refractivity contribution in [2.45, 2.75) is 19.8 Å². The number of aryl methyl sites for hydroxylation is 1. The van der Waals surface area contributed by atoms with E-state index in [1.54, 1.807) is 13.1 Å². The molecule has 0 spiro atoms. The molecule has 0 saturated heterocycles. The number of carbonyl (C=O) groups is 1. The normalized spacial score (nSPS) is 10.3. The Hall–Kier alpha value is -3.27. The Morgan fingerprint density at radius 3 is 2.15 bits per heavy atom. The van der Waals surface area contributed by atoms with Gasteiger partial charge in [-0.2, -0.15) is 0 Å². The summed E-state index contributed by atoms with van der Waals surface area (Å²) in [5.41, 5.74) is 4.49. The van der Waals surface area contributed by atoms with Crippen LogP contribution < -0.4 is 0 Å². The molecule has 1 heterocycles. The maximum atomic E-state index is 11.7. The Bertz CT molecular complexity index is 864. The van der Waals surface area contributed by atoms with Gasteiger partial charge in [-0.15, -0.1) is 0 Å². The van der Waals surface area contributed by atoms with E-state index in [1.807, 2.05) is 72.8 Å². The first-order valence-electron chi connectivity index (χ1n) is 9.07. The standard InChI is InChI=1S/C23H22N2O2/c1-2-27-22(26)16-15-20-21(14-9-17-24-20)25-23(18-10-5-3-6-11-18)19-12-7-4-8-13-19/h3-14,17H,2,15-16H2,1H3. The van der Waals surface area contributed by atoms with Crippen LogP contribution in [0.2, 0.25) is 0 Å². The number of pyridine rings is 1. The molecule has 0 aliphatic heterocycles. The lowest BCUT2D eigenvalue weighted by Gasteiger charge is -2.10. The van der Waals surface area contributed by atoms with Crippen LogP contribution in [0.5, 0.6) is 0 Å². The molecule has 0 atom stereocenters. The second kappa shape index (κ2) is 9.43. The maximum absolute atomic E-state index is 11.7. The number of benzene rings is 2. The van der Waals surface area contributed by atoms with Crippen LogP contribution in [0.25, 0.3) is 0 Å². The summed E-state index contributed by atoms with van der Waals surface area (Å²) < 4.78 is 5.02. The highest BCUT2D eigenvalue weighted by Gasteiger charge is 2.11. The average Bonchev–Trinajstić information content (AvgIpc) is 2.72. The van der Waals surface area contributed by atoms with E-state index in [4.69, 9.17) is 9.73 Å². The second-order valence-electron chi connectivity index (χ2n) is 5.97. The number of rotatable bonds is 7. The van der Waals surface area contributed by atoms with Gasteiger partial charge in [-0.1, -0.05) is 60.7 Å². The van der Waals surface area contributed by atoms with E-state index in [0.717, 1.165) is 28.2 Å². The Morgan fingerprint density at radius 1 is 0.926 bits per heavy atom. The molecule has 0 radical (unpaired) electrons. The van der Waals surface area contributed by atoms with Gasteiger partial charge >= 0.3 is 5.97 Å². The van der Waals surface area contributed by atoms with Crippen molar-refractivity contribution in [3.05, 3.63) is 95.8 Å². The molecule has 4 heteroatoms. The number of nitrogens with zero attached hydrogens (tertiary/aromatic N) is 2. The number of ether oxygens (including phenoxy) is 1. The molecule has 0 aliphatic rings. The maximum Gasteiger partial charge on any atom is 0.306 e.